The fourth-order valence-electron chi connectivity index (χ4n) is 4.21. The van der Waals surface area contributed by atoms with Gasteiger partial charge in [-0.1, -0.05) is 30.3 Å². The monoisotopic (exact) mass is 553 g/mol. The number of nitrogens with zero attached hydrogens (tertiary/aromatic N) is 2. The maximum absolute atomic E-state index is 6.14. The lowest BCUT2D eigenvalue weighted by atomic mass is 10.1. The summed E-state index contributed by atoms with van der Waals surface area (Å²) in [5.74, 6) is 1.98. The average molecular weight is 553 g/mol. The normalized spacial score (nSPS) is 19.7. The number of aliphatic imine (C=N–C) groups is 1. The molecule has 4 rings (SSSR count). The van der Waals surface area contributed by atoms with E-state index >= 15 is 0 Å². The molecule has 1 atom stereocenters. The molecule has 2 aromatic rings. The second kappa shape index (κ2) is 13.9. The Labute approximate surface area is 208 Å². The average Bonchev–Trinajstić information content (AvgIpc) is 3.52. The summed E-state index contributed by atoms with van der Waals surface area (Å²) in [6, 6.07) is 14.5. The number of hydrogen-bond acceptors (Lipinski definition) is 4. The minimum atomic E-state index is 0. The summed E-state index contributed by atoms with van der Waals surface area (Å²) < 4.78 is 17.3. The fraction of sp³-hybridized carbons (Fsp3) is 0.560. The Morgan fingerprint density at radius 3 is 2.62 bits per heavy atom. The third-order valence-electron chi connectivity index (χ3n) is 6.02. The minimum absolute atomic E-state index is 0. The third-order valence-corrected chi connectivity index (χ3v) is 6.02. The molecule has 2 fully saturated rings. The van der Waals surface area contributed by atoms with Crippen LogP contribution in [0.2, 0.25) is 0 Å². The van der Waals surface area contributed by atoms with E-state index in [0.29, 0.717) is 12.2 Å². The van der Waals surface area contributed by atoms with E-state index in [1.165, 1.54) is 12.0 Å². The number of halogens is 1. The third kappa shape index (κ3) is 8.08. The molecular formula is C25H36IN3O3. The van der Waals surface area contributed by atoms with Gasteiger partial charge in [0, 0.05) is 39.2 Å². The van der Waals surface area contributed by atoms with Crippen molar-refractivity contribution in [1.29, 1.82) is 0 Å². The maximum atomic E-state index is 6.14. The molecule has 1 aromatic carbocycles. The molecule has 1 aromatic heterocycles. The van der Waals surface area contributed by atoms with Gasteiger partial charge in [-0.15, -0.1) is 24.0 Å². The van der Waals surface area contributed by atoms with Crippen LogP contribution in [0, 0.1) is 0 Å². The lowest BCUT2D eigenvalue weighted by molar-refractivity contribution is -0.0367. The van der Waals surface area contributed by atoms with Crippen LogP contribution in [0.25, 0.3) is 0 Å². The van der Waals surface area contributed by atoms with Gasteiger partial charge in [0.1, 0.15) is 5.76 Å². The first-order chi connectivity index (χ1) is 15.4. The van der Waals surface area contributed by atoms with E-state index in [9.17, 15) is 0 Å². The predicted octanol–water partition coefficient (Wildman–Crippen LogP) is 4.29. The summed E-state index contributed by atoms with van der Waals surface area (Å²) in [6.07, 6.45) is 8.52. The molecule has 0 spiro atoms. The van der Waals surface area contributed by atoms with Gasteiger partial charge in [-0.05, 0) is 49.8 Å². The zero-order valence-corrected chi connectivity index (χ0v) is 21.1. The molecule has 0 bridgehead atoms. The number of nitrogens with one attached hydrogen (secondary N) is 1. The number of piperidine rings is 1. The summed E-state index contributed by atoms with van der Waals surface area (Å²) in [5, 5.41) is 3.59. The molecule has 3 heterocycles. The van der Waals surface area contributed by atoms with E-state index in [2.05, 4.69) is 40.5 Å². The molecule has 0 saturated carbocycles. The van der Waals surface area contributed by atoms with E-state index in [4.69, 9.17) is 18.9 Å². The maximum Gasteiger partial charge on any atom is 0.193 e. The highest BCUT2D eigenvalue weighted by atomic mass is 127. The minimum Gasteiger partial charge on any atom is -0.469 e. The van der Waals surface area contributed by atoms with Crippen LogP contribution in [0.3, 0.4) is 0 Å². The molecule has 0 aliphatic carbocycles. The van der Waals surface area contributed by atoms with Gasteiger partial charge >= 0.3 is 0 Å². The first-order valence-corrected chi connectivity index (χ1v) is 11.7. The van der Waals surface area contributed by atoms with E-state index < -0.39 is 0 Å². The summed E-state index contributed by atoms with van der Waals surface area (Å²) in [4.78, 5) is 7.27. The van der Waals surface area contributed by atoms with Crippen molar-refractivity contribution in [2.45, 2.75) is 50.7 Å². The number of ether oxygens (including phenoxy) is 2. The Bertz CT molecular complexity index is 771. The second-order valence-electron chi connectivity index (χ2n) is 8.35. The standard InChI is InChI=1S/C25H35N3O3.HI/c1-2-6-21(7-3-1)10-14-26-25(27-15-11-22-8-4-18-29-22)28-16-12-23(13-17-28)31-20-24-9-5-19-30-24;/h1-4,6-8,18,23-24H,5,9-17,19-20H2,(H,26,27);1H. The second-order valence-corrected chi connectivity index (χ2v) is 8.35. The lowest BCUT2D eigenvalue weighted by Crippen LogP contribution is -2.47. The van der Waals surface area contributed by atoms with Crippen LogP contribution in [-0.2, 0) is 22.3 Å². The zero-order valence-electron chi connectivity index (χ0n) is 18.8. The molecule has 6 nitrogen and oxygen atoms in total. The number of rotatable bonds is 9. The van der Waals surface area contributed by atoms with Crippen LogP contribution in [0.5, 0.6) is 0 Å². The number of furan rings is 1. The van der Waals surface area contributed by atoms with E-state index in [-0.39, 0.29) is 24.0 Å². The molecule has 2 aliphatic rings. The summed E-state index contributed by atoms with van der Waals surface area (Å²) >= 11 is 0. The topological polar surface area (TPSA) is 59.2 Å². The van der Waals surface area contributed by atoms with Gasteiger partial charge in [-0.2, -0.15) is 0 Å². The van der Waals surface area contributed by atoms with Crippen LogP contribution in [-0.4, -0.2) is 62.5 Å². The molecule has 32 heavy (non-hydrogen) atoms. The quantitative estimate of drug-likeness (QED) is 0.285. The Morgan fingerprint density at radius 2 is 1.91 bits per heavy atom. The largest absolute Gasteiger partial charge is 0.469 e. The van der Waals surface area contributed by atoms with E-state index in [0.717, 1.165) is 83.2 Å². The molecule has 1 N–H and O–H groups in total. The first-order valence-electron chi connectivity index (χ1n) is 11.7. The van der Waals surface area contributed by atoms with Crippen LogP contribution >= 0.6 is 24.0 Å². The summed E-state index contributed by atoms with van der Waals surface area (Å²) in [6.45, 7) is 5.15. The van der Waals surface area contributed by atoms with E-state index in [1.54, 1.807) is 6.26 Å². The van der Waals surface area contributed by atoms with Gasteiger partial charge in [0.15, 0.2) is 5.96 Å². The van der Waals surface area contributed by atoms with Crippen molar-refractivity contribution >= 4 is 29.9 Å². The van der Waals surface area contributed by atoms with Gasteiger partial charge in [0.05, 0.1) is 25.1 Å². The number of guanidine groups is 1. The van der Waals surface area contributed by atoms with Crippen molar-refractivity contribution in [3.8, 4) is 0 Å². The van der Waals surface area contributed by atoms with Gasteiger partial charge in [0.2, 0.25) is 0 Å². The highest BCUT2D eigenvalue weighted by Crippen LogP contribution is 2.18. The molecule has 0 amide bonds. The Balaban J connectivity index is 0.00000289. The van der Waals surface area contributed by atoms with Crippen LogP contribution < -0.4 is 5.32 Å². The molecule has 2 saturated heterocycles. The van der Waals surface area contributed by atoms with Crippen molar-refractivity contribution in [2.24, 2.45) is 4.99 Å². The summed E-state index contributed by atoms with van der Waals surface area (Å²) in [5.41, 5.74) is 1.34. The van der Waals surface area contributed by atoms with Gasteiger partial charge in [0.25, 0.3) is 0 Å². The molecule has 0 radical (unpaired) electrons. The smallest absolute Gasteiger partial charge is 0.193 e. The first kappa shape index (κ1) is 25.1. The molecule has 1 unspecified atom stereocenters. The van der Waals surface area contributed by atoms with Gasteiger partial charge in [-0.3, -0.25) is 4.99 Å². The van der Waals surface area contributed by atoms with Crippen molar-refractivity contribution < 1.29 is 13.9 Å². The highest BCUT2D eigenvalue weighted by molar-refractivity contribution is 14.0. The van der Waals surface area contributed by atoms with Gasteiger partial charge < -0.3 is 24.1 Å². The van der Waals surface area contributed by atoms with Crippen molar-refractivity contribution in [3.05, 3.63) is 60.1 Å². The molecule has 176 valence electrons. The van der Waals surface area contributed by atoms with Crippen LogP contribution in [0.15, 0.2) is 58.1 Å². The highest BCUT2D eigenvalue weighted by Gasteiger charge is 2.24. The van der Waals surface area contributed by atoms with Crippen molar-refractivity contribution in [3.63, 3.8) is 0 Å². The predicted molar refractivity (Wildman–Crippen MR) is 138 cm³/mol. The Hall–Kier alpha value is -1.58. The Kier molecular flexibility index (Phi) is 10.8. The molecule has 7 heteroatoms. The van der Waals surface area contributed by atoms with Gasteiger partial charge in [-0.25, -0.2) is 0 Å². The SMILES string of the molecule is I.c1ccc(CCNC(=NCCc2ccco2)N2CCC(OCC3CCCO3)CC2)cc1. The number of likely N-dealkylation sites (tertiary alicyclic amines) is 1. The fourth-order valence-corrected chi connectivity index (χ4v) is 4.21. The van der Waals surface area contributed by atoms with Crippen LogP contribution in [0.4, 0.5) is 0 Å². The number of benzene rings is 1. The van der Waals surface area contributed by atoms with Crippen molar-refractivity contribution in [2.75, 3.05) is 39.4 Å². The zero-order chi connectivity index (χ0) is 21.1. The summed E-state index contributed by atoms with van der Waals surface area (Å²) in [7, 11) is 0. The van der Waals surface area contributed by atoms with Crippen molar-refractivity contribution in [1.82, 2.24) is 10.2 Å². The molecular weight excluding hydrogens is 517 g/mol. The number of hydrogen-bond donors (Lipinski definition) is 1. The van der Waals surface area contributed by atoms with Crippen LogP contribution in [0.1, 0.15) is 37.0 Å². The van der Waals surface area contributed by atoms with E-state index in [1.807, 2.05) is 12.1 Å². The Morgan fingerprint density at radius 1 is 1.06 bits per heavy atom. The lowest BCUT2D eigenvalue weighted by Gasteiger charge is -2.34. The molecule has 2 aliphatic heterocycles.